The Balaban J connectivity index is 1.53. The molecule has 1 aromatic rings. The highest BCUT2D eigenvalue weighted by Crippen LogP contribution is 2.72. The number of allylic oxidation sites excluding steroid dienone is 2. The van der Waals surface area contributed by atoms with Gasteiger partial charge < -0.3 is 16.4 Å². The summed E-state index contributed by atoms with van der Waals surface area (Å²) in [5, 5.41) is 6.12. The van der Waals surface area contributed by atoms with Crippen molar-refractivity contribution in [3.05, 3.63) is 40.9 Å². The van der Waals surface area contributed by atoms with Gasteiger partial charge in [0.15, 0.2) is 0 Å². The van der Waals surface area contributed by atoms with Gasteiger partial charge in [0.05, 0.1) is 11.8 Å². The van der Waals surface area contributed by atoms with Crippen molar-refractivity contribution in [2.45, 2.75) is 26.7 Å². The summed E-state index contributed by atoms with van der Waals surface area (Å²) >= 11 is 3.41. The highest BCUT2D eigenvalue weighted by molar-refractivity contribution is 9.10. The third-order valence-corrected chi connectivity index (χ3v) is 7.38. The summed E-state index contributed by atoms with van der Waals surface area (Å²) in [7, 11) is 0. The zero-order valence-electron chi connectivity index (χ0n) is 16.4. The maximum absolute atomic E-state index is 13.2. The Hall–Kier alpha value is -1.66. The fourth-order valence-electron chi connectivity index (χ4n) is 4.98. The molecule has 0 heterocycles. The molecule has 2 fully saturated rings. The van der Waals surface area contributed by atoms with E-state index in [0.29, 0.717) is 13.1 Å². The van der Waals surface area contributed by atoms with Gasteiger partial charge in [-0.05, 0) is 66.3 Å². The maximum atomic E-state index is 13.2. The molecule has 150 valence electrons. The number of hydrogen-bond acceptors (Lipinski definition) is 3. The smallest absolute Gasteiger partial charge is 0.228 e. The molecule has 6 heteroatoms. The molecule has 1 spiro atoms. The number of nitrogens with two attached hydrogens (primary N) is 1. The van der Waals surface area contributed by atoms with E-state index in [0.717, 1.165) is 23.0 Å². The number of carbonyl (C=O) groups is 2. The predicted molar refractivity (Wildman–Crippen MR) is 113 cm³/mol. The summed E-state index contributed by atoms with van der Waals surface area (Å²) in [6.07, 6.45) is 6.57. The molecule has 5 nitrogen and oxygen atoms in total. The van der Waals surface area contributed by atoms with Gasteiger partial charge in [0.25, 0.3) is 0 Å². The fourth-order valence-corrected chi connectivity index (χ4v) is 5.25. The lowest BCUT2D eigenvalue weighted by Crippen LogP contribution is -2.45. The van der Waals surface area contributed by atoms with Crippen LogP contribution in [0.1, 0.15) is 26.7 Å². The van der Waals surface area contributed by atoms with E-state index in [1.54, 1.807) is 0 Å². The Kier molecular flexibility index (Phi) is 4.91. The van der Waals surface area contributed by atoms with Crippen molar-refractivity contribution in [3.8, 4) is 0 Å². The number of carbonyl (C=O) groups excluding carboxylic acids is 2. The molecule has 2 bridgehead atoms. The number of nitrogens with one attached hydrogen (secondary N) is 2. The van der Waals surface area contributed by atoms with Crippen LogP contribution in [-0.4, -0.2) is 24.9 Å². The van der Waals surface area contributed by atoms with E-state index in [2.05, 4.69) is 38.7 Å². The van der Waals surface area contributed by atoms with Gasteiger partial charge >= 0.3 is 0 Å². The topological polar surface area (TPSA) is 84.2 Å². The van der Waals surface area contributed by atoms with E-state index in [9.17, 15) is 9.59 Å². The van der Waals surface area contributed by atoms with Crippen LogP contribution in [0.4, 0.5) is 5.69 Å². The van der Waals surface area contributed by atoms with Crippen molar-refractivity contribution in [2.75, 3.05) is 18.4 Å². The lowest BCUT2D eigenvalue weighted by Gasteiger charge is -2.29. The van der Waals surface area contributed by atoms with Crippen molar-refractivity contribution in [3.63, 3.8) is 0 Å². The highest BCUT2D eigenvalue weighted by atomic mass is 79.9. The Labute approximate surface area is 174 Å². The average Bonchev–Trinajstić information content (AvgIpc) is 3.34. The Morgan fingerprint density at radius 2 is 1.68 bits per heavy atom. The maximum Gasteiger partial charge on any atom is 0.228 e. The first-order valence-electron chi connectivity index (χ1n) is 10.00. The van der Waals surface area contributed by atoms with Crippen LogP contribution in [0.15, 0.2) is 40.9 Å². The second-order valence-corrected chi connectivity index (χ2v) is 10.2. The predicted octanol–water partition coefficient (Wildman–Crippen LogP) is 3.32. The molecule has 1 aromatic carbocycles. The van der Waals surface area contributed by atoms with Crippen LogP contribution in [-0.2, 0) is 9.59 Å². The number of rotatable bonds is 6. The van der Waals surface area contributed by atoms with Gasteiger partial charge in [-0.25, -0.2) is 0 Å². The van der Waals surface area contributed by atoms with Crippen molar-refractivity contribution in [1.29, 1.82) is 0 Å². The lowest BCUT2D eigenvalue weighted by atomic mass is 9.81. The molecule has 2 amide bonds. The van der Waals surface area contributed by atoms with Gasteiger partial charge in [0.1, 0.15) is 0 Å². The quantitative estimate of drug-likeness (QED) is 0.587. The molecule has 0 unspecified atom stereocenters. The second kappa shape index (κ2) is 6.99. The molecule has 4 N–H and O–H groups in total. The summed E-state index contributed by atoms with van der Waals surface area (Å²) in [6, 6.07) is 7.54. The van der Waals surface area contributed by atoms with Gasteiger partial charge in [-0.3, -0.25) is 9.59 Å². The van der Waals surface area contributed by atoms with Gasteiger partial charge in [0.2, 0.25) is 11.8 Å². The van der Waals surface area contributed by atoms with Gasteiger partial charge in [-0.1, -0.05) is 41.9 Å². The van der Waals surface area contributed by atoms with Gasteiger partial charge in [-0.15, -0.1) is 0 Å². The van der Waals surface area contributed by atoms with Gasteiger partial charge in [-0.2, -0.15) is 0 Å². The normalized spacial score (nSPS) is 29.1. The van der Waals surface area contributed by atoms with Crippen LogP contribution < -0.4 is 16.4 Å². The zero-order chi connectivity index (χ0) is 20.1. The zero-order valence-corrected chi connectivity index (χ0v) is 18.0. The molecule has 28 heavy (non-hydrogen) atoms. The van der Waals surface area contributed by atoms with Crippen LogP contribution >= 0.6 is 15.9 Å². The first-order chi connectivity index (χ1) is 13.3. The molecule has 4 rings (SSSR count). The summed E-state index contributed by atoms with van der Waals surface area (Å²) in [6.45, 7) is 5.09. The summed E-state index contributed by atoms with van der Waals surface area (Å²) in [4.78, 5) is 26.4. The van der Waals surface area contributed by atoms with E-state index in [4.69, 9.17) is 5.73 Å². The summed E-state index contributed by atoms with van der Waals surface area (Å²) in [5.74, 6) is -0.363. The first kappa shape index (κ1) is 19.6. The van der Waals surface area contributed by atoms with Crippen molar-refractivity contribution in [2.24, 2.45) is 40.2 Å². The molecule has 3 aliphatic rings. The average molecular weight is 446 g/mol. The SMILES string of the molecule is CC(C)(CN)CNC(=O)[C@H]1[C@H](C(=O)Nc2ccc(Br)cc2)[C@@H]2C=C[C@H]1C21CC1. The third kappa shape index (κ3) is 3.30. The van der Waals surface area contributed by atoms with E-state index in [-0.39, 0.29) is 46.3 Å². The monoisotopic (exact) mass is 445 g/mol. The Morgan fingerprint density at radius 3 is 2.21 bits per heavy atom. The van der Waals surface area contributed by atoms with E-state index >= 15 is 0 Å². The molecule has 0 saturated heterocycles. The molecular weight excluding hydrogens is 418 g/mol. The molecule has 0 radical (unpaired) electrons. The Morgan fingerprint density at radius 1 is 1.11 bits per heavy atom. The highest BCUT2D eigenvalue weighted by Gasteiger charge is 2.69. The van der Waals surface area contributed by atoms with E-state index in [1.807, 2.05) is 38.1 Å². The number of hydrogen-bond donors (Lipinski definition) is 3. The first-order valence-corrected chi connectivity index (χ1v) is 10.8. The van der Waals surface area contributed by atoms with Crippen LogP contribution in [0.5, 0.6) is 0 Å². The number of halogens is 1. The van der Waals surface area contributed by atoms with Gasteiger partial charge in [0, 0.05) is 16.7 Å². The molecule has 2 saturated carbocycles. The fraction of sp³-hybridized carbons (Fsp3) is 0.545. The molecule has 4 atom stereocenters. The number of amides is 2. The van der Waals surface area contributed by atoms with E-state index < -0.39 is 0 Å². The second-order valence-electron chi connectivity index (χ2n) is 9.30. The van der Waals surface area contributed by atoms with Crippen LogP contribution in [0.3, 0.4) is 0 Å². The molecule has 0 aliphatic heterocycles. The van der Waals surface area contributed by atoms with Crippen LogP contribution in [0, 0.1) is 34.5 Å². The summed E-state index contributed by atoms with van der Waals surface area (Å²) in [5.41, 5.74) is 6.53. The van der Waals surface area contributed by atoms with E-state index in [1.165, 1.54) is 0 Å². The minimum Gasteiger partial charge on any atom is -0.355 e. The number of anilines is 1. The third-order valence-electron chi connectivity index (χ3n) is 6.85. The lowest BCUT2D eigenvalue weighted by molar-refractivity contribution is -0.133. The molecule has 0 aromatic heterocycles. The molecular formula is C22H28BrN3O2. The van der Waals surface area contributed by atoms with Crippen molar-refractivity contribution >= 4 is 33.4 Å². The standard InChI is InChI=1S/C22H28BrN3O2/c1-21(2,11-24)12-25-19(27)17-15-7-8-16(22(15)9-10-22)18(17)20(28)26-14-5-3-13(23)4-6-14/h3-8,15-18H,9-12,24H2,1-2H3,(H,25,27)(H,26,28)/t15-,16+,17-,18-/m1/s1. The Bertz CT molecular complexity index is 814. The largest absolute Gasteiger partial charge is 0.355 e. The minimum atomic E-state index is -0.317. The summed E-state index contributed by atoms with van der Waals surface area (Å²) < 4.78 is 0.963. The van der Waals surface area contributed by atoms with Crippen LogP contribution in [0.25, 0.3) is 0 Å². The minimum absolute atomic E-state index is 0.0133. The van der Waals surface area contributed by atoms with Crippen LogP contribution in [0.2, 0.25) is 0 Å². The number of benzene rings is 1. The van der Waals surface area contributed by atoms with Crippen molar-refractivity contribution < 1.29 is 9.59 Å². The molecule has 3 aliphatic carbocycles. The van der Waals surface area contributed by atoms with Crippen molar-refractivity contribution in [1.82, 2.24) is 5.32 Å².